The molecule has 1 spiro atoms. The number of nitrogens with one attached hydrogen (secondary N) is 1. The highest BCUT2D eigenvalue weighted by Crippen LogP contribution is 2.37. The summed E-state index contributed by atoms with van der Waals surface area (Å²) in [4.78, 5) is 23.2. The van der Waals surface area contributed by atoms with Crippen LogP contribution in [0.4, 0.5) is 0 Å². The molecule has 1 aromatic carbocycles. The number of nitrogens with zero attached hydrogens (tertiary/aromatic N) is 3. The van der Waals surface area contributed by atoms with Gasteiger partial charge in [-0.1, -0.05) is 30.3 Å². The first-order chi connectivity index (χ1) is 11.7. The van der Waals surface area contributed by atoms with E-state index < -0.39 is 0 Å². The lowest BCUT2D eigenvalue weighted by Crippen LogP contribution is -2.63. The molecule has 2 fully saturated rings. The molecule has 2 aliphatic heterocycles. The van der Waals surface area contributed by atoms with Crippen LogP contribution in [0.1, 0.15) is 22.5 Å². The Balaban J connectivity index is 1.32. The van der Waals surface area contributed by atoms with E-state index in [4.69, 9.17) is 4.74 Å². The van der Waals surface area contributed by atoms with Crippen LogP contribution < -0.4 is 0 Å². The maximum absolute atomic E-state index is 12.3. The molecule has 0 bridgehead atoms. The Hall–Kier alpha value is -2.18. The fraction of sp³-hybridized carbons (Fsp3) is 0.444. The van der Waals surface area contributed by atoms with Crippen LogP contribution >= 0.6 is 0 Å². The lowest BCUT2D eigenvalue weighted by molar-refractivity contribution is -0.0952. The van der Waals surface area contributed by atoms with Gasteiger partial charge in [0.05, 0.1) is 32.2 Å². The number of amides is 1. The second-order valence-electron chi connectivity index (χ2n) is 6.88. The molecule has 2 aliphatic rings. The molecule has 126 valence electrons. The summed E-state index contributed by atoms with van der Waals surface area (Å²) in [6, 6.07) is 10.9. The topological polar surface area (TPSA) is 61.5 Å². The molecule has 1 amide bonds. The normalized spacial score (nSPS) is 22.1. The van der Waals surface area contributed by atoms with Crippen LogP contribution in [0.3, 0.4) is 0 Å². The van der Waals surface area contributed by atoms with Gasteiger partial charge in [-0.3, -0.25) is 9.69 Å². The predicted molar refractivity (Wildman–Crippen MR) is 89.5 cm³/mol. The standard InChI is InChI=1S/C18H22N4O2/c1-21(9-14-5-3-2-4-6-14)15-7-18(24-10-15)11-22(12-18)17(23)16-8-19-13-20-16/h2-6,8,13,15H,7,9-12H2,1H3,(H,19,20). The van der Waals surface area contributed by atoms with Crippen molar-refractivity contribution in [1.29, 1.82) is 0 Å². The van der Waals surface area contributed by atoms with E-state index in [9.17, 15) is 4.79 Å². The number of aromatic nitrogens is 2. The summed E-state index contributed by atoms with van der Waals surface area (Å²) in [5.41, 5.74) is 1.69. The lowest BCUT2D eigenvalue weighted by atomic mass is 9.88. The minimum absolute atomic E-state index is 0.00261. The molecule has 3 heterocycles. The number of carbonyl (C=O) groups excluding carboxylic acids is 1. The molecule has 0 aliphatic carbocycles. The summed E-state index contributed by atoms with van der Waals surface area (Å²) < 4.78 is 6.08. The summed E-state index contributed by atoms with van der Waals surface area (Å²) in [6.07, 6.45) is 4.08. The van der Waals surface area contributed by atoms with Crippen molar-refractivity contribution in [2.45, 2.75) is 24.6 Å². The maximum Gasteiger partial charge on any atom is 0.272 e. The molecule has 0 saturated carbocycles. The first-order valence-corrected chi connectivity index (χ1v) is 8.31. The number of hydrogen-bond donors (Lipinski definition) is 1. The van der Waals surface area contributed by atoms with Gasteiger partial charge in [0.25, 0.3) is 5.91 Å². The van der Waals surface area contributed by atoms with Crippen LogP contribution in [0.5, 0.6) is 0 Å². The zero-order chi connectivity index (χ0) is 16.6. The van der Waals surface area contributed by atoms with Crippen LogP contribution in [0.2, 0.25) is 0 Å². The van der Waals surface area contributed by atoms with Gasteiger partial charge in [-0.05, 0) is 19.0 Å². The Morgan fingerprint density at radius 3 is 2.92 bits per heavy atom. The number of rotatable bonds is 4. The summed E-state index contributed by atoms with van der Waals surface area (Å²) in [5.74, 6) is 0.00261. The number of carbonyl (C=O) groups is 1. The number of benzene rings is 1. The van der Waals surface area contributed by atoms with Gasteiger partial charge in [-0.25, -0.2) is 4.98 Å². The molecule has 1 aromatic heterocycles. The fourth-order valence-electron chi connectivity index (χ4n) is 3.66. The van der Waals surface area contributed by atoms with E-state index in [1.807, 2.05) is 11.0 Å². The minimum Gasteiger partial charge on any atom is -0.370 e. The van der Waals surface area contributed by atoms with Gasteiger partial charge in [0.15, 0.2) is 0 Å². The molecule has 6 heteroatoms. The van der Waals surface area contributed by atoms with Gasteiger partial charge >= 0.3 is 0 Å². The van der Waals surface area contributed by atoms with Gasteiger partial charge in [0, 0.05) is 12.6 Å². The third-order valence-electron chi connectivity index (χ3n) is 5.06. The molecule has 6 nitrogen and oxygen atoms in total. The fourth-order valence-corrected chi connectivity index (χ4v) is 3.66. The molecular formula is C18H22N4O2. The van der Waals surface area contributed by atoms with Gasteiger partial charge in [0.1, 0.15) is 11.3 Å². The van der Waals surface area contributed by atoms with Crippen molar-refractivity contribution >= 4 is 5.91 Å². The smallest absolute Gasteiger partial charge is 0.272 e. The van der Waals surface area contributed by atoms with Crippen molar-refractivity contribution in [2.75, 3.05) is 26.7 Å². The summed E-state index contributed by atoms with van der Waals surface area (Å²) in [6.45, 7) is 2.98. The van der Waals surface area contributed by atoms with E-state index in [0.717, 1.165) is 19.6 Å². The minimum atomic E-state index is -0.161. The average molecular weight is 326 g/mol. The second-order valence-corrected chi connectivity index (χ2v) is 6.88. The second kappa shape index (κ2) is 6.03. The Bertz CT molecular complexity index is 695. The quantitative estimate of drug-likeness (QED) is 0.925. The van der Waals surface area contributed by atoms with E-state index in [0.29, 0.717) is 24.8 Å². The zero-order valence-electron chi connectivity index (χ0n) is 13.8. The number of H-pyrrole nitrogens is 1. The van der Waals surface area contributed by atoms with E-state index >= 15 is 0 Å². The lowest BCUT2D eigenvalue weighted by Gasteiger charge is -2.47. The largest absolute Gasteiger partial charge is 0.370 e. The maximum atomic E-state index is 12.3. The highest BCUT2D eigenvalue weighted by molar-refractivity contribution is 5.92. The first-order valence-electron chi connectivity index (χ1n) is 8.31. The van der Waals surface area contributed by atoms with Crippen molar-refractivity contribution in [1.82, 2.24) is 19.8 Å². The number of likely N-dealkylation sites (tertiary alicyclic amines) is 1. The SMILES string of the molecule is CN(Cc1ccccc1)C1COC2(C1)CN(C(=O)c1cnc[nH]1)C2. The van der Waals surface area contributed by atoms with Crippen molar-refractivity contribution in [2.24, 2.45) is 0 Å². The Morgan fingerprint density at radius 2 is 2.21 bits per heavy atom. The van der Waals surface area contributed by atoms with Gasteiger partial charge in [0.2, 0.25) is 0 Å². The molecule has 1 N–H and O–H groups in total. The summed E-state index contributed by atoms with van der Waals surface area (Å²) in [7, 11) is 2.15. The Morgan fingerprint density at radius 1 is 1.42 bits per heavy atom. The third kappa shape index (κ3) is 2.83. The highest BCUT2D eigenvalue weighted by Gasteiger charge is 2.52. The summed E-state index contributed by atoms with van der Waals surface area (Å²) in [5, 5.41) is 0. The number of hydrogen-bond acceptors (Lipinski definition) is 4. The molecule has 24 heavy (non-hydrogen) atoms. The predicted octanol–water partition coefficient (Wildman–Crippen LogP) is 1.53. The van der Waals surface area contributed by atoms with Gasteiger partial charge in [-0.2, -0.15) is 0 Å². The van der Waals surface area contributed by atoms with Crippen molar-refractivity contribution < 1.29 is 9.53 Å². The van der Waals surface area contributed by atoms with Crippen LogP contribution in [-0.2, 0) is 11.3 Å². The van der Waals surface area contributed by atoms with Crippen molar-refractivity contribution in [3.05, 3.63) is 54.1 Å². The number of ether oxygens (including phenoxy) is 1. The zero-order valence-corrected chi connectivity index (χ0v) is 13.8. The van der Waals surface area contributed by atoms with Crippen molar-refractivity contribution in [3.63, 3.8) is 0 Å². The van der Waals surface area contributed by atoms with Gasteiger partial charge < -0.3 is 14.6 Å². The molecule has 2 saturated heterocycles. The Labute approximate surface area is 141 Å². The van der Waals surface area contributed by atoms with E-state index in [-0.39, 0.29) is 11.5 Å². The van der Waals surface area contributed by atoms with Crippen LogP contribution in [-0.4, -0.2) is 64.1 Å². The summed E-state index contributed by atoms with van der Waals surface area (Å²) >= 11 is 0. The van der Waals surface area contributed by atoms with Crippen LogP contribution in [0, 0.1) is 0 Å². The van der Waals surface area contributed by atoms with E-state index in [1.165, 1.54) is 11.9 Å². The number of likely N-dealkylation sites (N-methyl/N-ethyl adjacent to an activating group) is 1. The molecular weight excluding hydrogens is 304 g/mol. The molecule has 1 unspecified atom stereocenters. The average Bonchev–Trinajstić information content (AvgIpc) is 3.24. The highest BCUT2D eigenvalue weighted by atomic mass is 16.5. The van der Waals surface area contributed by atoms with Crippen LogP contribution in [0.15, 0.2) is 42.9 Å². The van der Waals surface area contributed by atoms with Crippen molar-refractivity contribution in [3.8, 4) is 0 Å². The third-order valence-corrected chi connectivity index (χ3v) is 5.06. The monoisotopic (exact) mass is 326 g/mol. The first kappa shape index (κ1) is 15.4. The van der Waals surface area contributed by atoms with Crippen LogP contribution in [0.25, 0.3) is 0 Å². The van der Waals surface area contributed by atoms with E-state index in [2.05, 4.69) is 46.2 Å². The molecule has 1 atom stereocenters. The Kier molecular flexibility index (Phi) is 3.86. The van der Waals surface area contributed by atoms with E-state index in [1.54, 1.807) is 6.20 Å². The molecule has 0 radical (unpaired) electrons. The molecule has 4 rings (SSSR count). The van der Waals surface area contributed by atoms with Gasteiger partial charge in [-0.15, -0.1) is 0 Å². The number of aromatic amines is 1. The molecule has 2 aromatic rings. The number of imidazole rings is 1.